The second-order valence-electron chi connectivity index (χ2n) is 6.77. The molecule has 0 radical (unpaired) electrons. The van der Waals surface area contributed by atoms with Crippen LogP contribution in [0.5, 0.6) is 5.75 Å². The largest absolute Gasteiger partial charge is 0.573 e. The van der Waals surface area contributed by atoms with E-state index < -0.39 is 32.8 Å². The van der Waals surface area contributed by atoms with Crippen molar-refractivity contribution >= 4 is 27.3 Å². The molecule has 6 nitrogen and oxygen atoms in total. The first-order chi connectivity index (χ1) is 13.5. The average Bonchev–Trinajstić information content (AvgIpc) is 2.65. The minimum absolute atomic E-state index is 0.125. The minimum Gasteiger partial charge on any atom is -0.406 e. The first kappa shape index (κ1) is 21.0. The number of ether oxygens (including phenoxy) is 1. The summed E-state index contributed by atoms with van der Waals surface area (Å²) in [6, 6.07) is 13.0. The third-order valence-electron chi connectivity index (χ3n) is 4.74. The lowest BCUT2D eigenvalue weighted by Gasteiger charge is -2.39. The Labute approximate surface area is 166 Å². The van der Waals surface area contributed by atoms with Crippen LogP contribution in [0, 0.1) is 0 Å². The normalized spacial score (nSPS) is 21.4. The van der Waals surface area contributed by atoms with Gasteiger partial charge in [0.2, 0.25) is 15.9 Å². The summed E-state index contributed by atoms with van der Waals surface area (Å²) >= 11 is 0. The molecule has 1 aliphatic heterocycles. The monoisotopic (exact) mass is 428 g/mol. The van der Waals surface area contributed by atoms with E-state index in [4.69, 9.17) is 0 Å². The van der Waals surface area contributed by atoms with E-state index in [0.717, 1.165) is 12.1 Å². The van der Waals surface area contributed by atoms with E-state index in [-0.39, 0.29) is 18.7 Å². The van der Waals surface area contributed by atoms with Crippen molar-refractivity contribution < 1.29 is 31.1 Å². The molecule has 0 spiro atoms. The second kappa shape index (κ2) is 7.58. The number of benzene rings is 2. The van der Waals surface area contributed by atoms with Gasteiger partial charge in [-0.3, -0.25) is 9.10 Å². The highest BCUT2D eigenvalue weighted by atomic mass is 32.2. The molecule has 1 aliphatic rings. The number of halogens is 3. The van der Waals surface area contributed by atoms with E-state index in [1.165, 1.54) is 23.4 Å². The number of para-hydroxylation sites is 1. The van der Waals surface area contributed by atoms with Crippen LogP contribution in [0.25, 0.3) is 0 Å². The Morgan fingerprint density at radius 2 is 1.72 bits per heavy atom. The standard InChI is InChI=1S/C19H19F3N2O4S/c1-18(12-5-13-24(29(18,26)27)15-6-3-2-4-7-15)17(25)23-14-8-10-16(11-9-14)28-19(20,21)22/h2-4,6-11H,5,12-13H2,1H3,(H,23,25)/t18-/m0/s1. The van der Waals surface area contributed by atoms with Crippen molar-refractivity contribution in [2.75, 3.05) is 16.2 Å². The maximum Gasteiger partial charge on any atom is 0.573 e. The maximum atomic E-state index is 13.2. The van der Waals surface area contributed by atoms with Crippen molar-refractivity contribution in [1.82, 2.24) is 0 Å². The summed E-state index contributed by atoms with van der Waals surface area (Å²) in [6.45, 7) is 1.62. The molecule has 1 saturated heterocycles. The van der Waals surface area contributed by atoms with Crippen LogP contribution >= 0.6 is 0 Å². The number of sulfonamides is 1. The summed E-state index contributed by atoms with van der Waals surface area (Å²) < 4.78 is 66.4. The molecule has 156 valence electrons. The van der Waals surface area contributed by atoms with Gasteiger partial charge >= 0.3 is 6.36 Å². The quantitative estimate of drug-likeness (QED) is 0.801. The van der Waals surface area contributed by atoms with Crippen LogP contribution in [0.2, 0.25) is 0 Å². The smallest absolute Gasteiger partial charge is 0.406 e. The van der Waals surface area contributed by atoms with E-state index in [9.17, 15) is 26.4 Å². The van der Waals surface area contributed by atoms with Gasteiger partial charge < -0.3 is 10.1 Å². The molecule has 0 aromatic heterocycles. The predicted molar refractivity (Wildman–Crippen MR) is 102 cm³/mol. The fourth-order valence-electron chi connectivity index (χ4n) is 3.15. The maximum absolute atomic E-state index is 13.2. The fourth-order valence-corrected chi connectivity index (χ4v) is 5.09. The third-order valence-corrected chi connectivity index (χ3v) is 7.25. The van der Waals surface area contributed by atoms with Crippen LogP contribution in [0.3, 0.4) is 0 Å². The van der Waals surface area contributed by atoms with Gasteiger partial charge in [0.15, 0.2) is 4.75 Å². The van der Waals surface area contributed by atoms with Crippen LogP contribution in [-0.2, 0) is 14.8 Å². The van der Waals surface area contributed by atoms with Crippen molar-refractivity contribution in [3.8, 4) is 5.75 Å². The summed E-state index contributed by atoms with van der Waals surface area (Å²) in [6.07, 6.45) is -4.22. The predicted octanol–water partition coefficient (Wildman–Crippen LogP) is 3.91. The lowest BCUT2D eigenvalue weighted by Crippen LogP contribution is -2.57. The summed E-state index contributed by atoms with van der Waals surface area (Å²) in [5.41, 5.74) is 0.637. The van der Waals surface area contributed by atoms with Crippen molar-refractivity contribution in [1.29, 1.82) is 0 Å². The van der Waals surface area contributed by atoms with Crippen molar-refractivity contribution in [3.05, 3.63) is 54.6 Å². The molecular weight excluding hydrogens is 409 g/mol. The Hall–Kier alpha value is -2.75. The molecule has 0 saturated carbocycles. The number of amides is 1. The lowest BCUT2D eigenvalue weighted by molar-refractivity contribution is -0.274. The Morgan fingerprint density at radius 1 is 1.10 bits per heavy atom. The van der Waals surface area contributed by atoms with Crippen LogP contribution in [0.15, 0.2) is 54.6 Å². The second-order valence-corrected chi connectivity index (χ2v) is 9.07. The van der Waals surface area contributed by atoms with Gasteiger partial charge in [-0.1, -0.05) is 18.2 Å². The van der Waals surface area contributed by atoms with Gasteiger partial charge in [-0.25, -0.2) is 8.42 Å². The van der Waals surface area contributed by atoms with Crippen molar-refractivity contribution in [2.24, 2.45) is 0 Å². The highest BCUT2D eigenvalue weighted by Gasteiger charge is 2.52. The molecule has 10 heteroatoms. The van der Waals surface area contributed by atoms with E-state index in [0.29, 0.717) is 12.1 Å². The van der Waals surface area contributed by atoms with Gasteiger partial charge in [0.1, 0.15) is 5.75 Å². The van der Waals surface area contributed by atoms with E-state index in [1.807, 2.05) is 0 Å². The van der Waals surface area contributed by atoms with E-state index in [2.05, 4.69) is 10.1 Å². The van der Waals surface area contributed by atoms with Crippen molar-refractivity contribution in [2.45, 2.75) is 30.9 Å². The van der Waals surface area contributed by atoms with Crippen molar-refractivity contribution in [3.63, 3.8) is 0 Å². The zero-order valence-electron chi connectivity index (χ0n) is 15.4. The third kappa shape index (κ3) is 4.31. The van der Waals surface area contributed by atoms with Gasteiger partial charge in [-0.15, -0.1) is 13.2 Å². The van der Waals surface area contributed by atoms with Crippen LogP contribution < -0.4 is 14.4 Å². The van der Waals surface area contributed by atoms with Gasteiger partial charge in [-0.2, -0.15) is 0 Å². The number of hydrogen-bond donors (Lipinski definition) is 1. The number of carbonyl (C=O) groups excluding carboxylic acids is 1. The minimum atomic E-state index is -4.82. The summed E-state index contributed by atoms with van der Waals surface area (Å²) in [4.78, 5) is 12.9. The van der Waals surface area contributed by atoms with Gasteiger partial charge in [0.25, 0.3) is 0 Å². The van der Waals surface area contributed by atoms with Gasteiger partial charge in [0, 0.05) is 12.2 Å². The number of nitrogens with one attached hydrogen (secondary N) is 1. The summed E-state index contributed by atoms with van der Waals surface area (Å²) in [7, 11) is -4.02. The highest BCUT2D eigenvalue weighted by molar-refractivity contribution is 7.95. The van der Waals surface area contributed by atoms with E-state index in [1.54, 1.807) is 30.3 Å². The molecule has 0 aliphatic carbocycles. The zero-order chi connectivity index (χ0) is 21.3. The number of nitrogens with zero attached hydrogens (tertiary/aromatic N) is 1. The molecule has 1 atom stereocenters. The van der Waals surface area contributed by atoms with Gasteiger partial charge in [0.05, 0.1) is 5.69 Å². The topological polar surface area (TPSA) is 75.7 Å². The first-order valence-electron chi connectivity index (χ1n) is 8.77. The van der Waals surface area contributed by atoms with Crippen LogP contribution in [0.4, 0.5) is 24.5 Å². The highest BCUT2D eigenvalue weighted by Crippen LogP contribution is 2.36. The Bertz CT molecular complexity index is 979. The molecule has 0 bridgehead atoms. The number of alkyl halides is 3. The first-order valence-corrected chi connectivity index (χ1v) is 10.2. The molecule has 2 aromatic carbocycles. The van der Waals surface area contributed by atoms with Gasteiger partial charge in [-0.05, 0) is 56.2 Å². The number of carbonyl (C=O) groups is 1. The number of anilines is 2. The molecule has 3 rings (SSSR count). The number of rotatable bonds is 4. The molecule has 1 fully saturated rings. The van der Waals surface area contributed by atoms with E-state index >= 15 is 0 Å². The van der Waals surface area contributed by atoms with Crippen LogP contribution in [-0.4, -0.2) is 32.0 Å². The zero-order valence-corrected chi connectivity index (χ0v) is 16.3. The lowest BCUT2D eigenvalue weighted by atomic mass is 10.0. The molecule has 29 heavy (non-hydrogen) atoms. The molecule has 1 heterocycles. The number of hydrogen-bond acceptors (Lipinski definition) is 4. The molecule has 2 aromatic rings. The molecular formula is C19H19F3N2O4S. The molecule has 0 unspecified atom stereocenters. The SMILES string of the molecule is C[C@@]1(C(=O)Nc2ccc(OC(F)(F)F)cc2)CCCN(c2ccccc2)S1(=O)=O. The summed E-state index contributed by atoms with van der Waals surface area (Å²) in [5, 5.41) is 2.49. The molecule has 1 amide bonds. The molecule has 1 N–H and O–H groups in total. The Balaban J connectivity index is 1.80. The fraction of sp³-hybridized carbons (Fsp3) is 0.316. The van der Waals surface area contributed by atoms with Crippen LogP contribution in [0.1, 0.15) is 19.8 Å². The Kier molecular flexibility index (Phi) is 5.48. The average molecular weight is 428 g/mol. The Morgan fingerprint density at radius 3 is 2.31 bits per heavy atom. The summed E-state index contributed by atoms with van der Waals surface area (Å²) in [5.74, 6) is -1.19.